The molecule has 0 aliphatic heterocycles. The number of hydrogen-bond acceptors (Lipinski definition) is 1. The van der Waals surface area contributed by atoms with Gasteiger partial charge >= 0.3 is 0 Å². The van der Waals surface area contributed by atoms with E-state index in [-0.39, 0.29) is 11.7 Å². The van der Waals surface area contributed by atoms with Gasteiger partial charge < -0.3 is 4.90 Å². The maximum absolute atomic E-state index is 12.8. The molecule has 0 aromatic heterocycles. The van der Waals surface area contributed by atoms with Crippen LogP contribution in [0.4, 0.5) is 4.39 Å². The van der Waals surface area contributed by atoms with Crippen molar-refractivity contribution < 1.29 is 9.18 Å². The summed E-state index contributed by atoms with van der Waals surface area (Å²) in [4.78, 5) is 13.7. The Bertz CT molecular complexity index is 628. The van der Waals surface area contributed by atoms with Crippen LogP contribution in [0.5, 0.6) is 0 Å². The van der Waals surface area contributed by atoms with Crippen LogP contribution >= 0.6 is 23.2 Å². The number of hydrogen-bond donors (Lipinski definition) is 0. The molecular weight excluding hydrogens is 300 g/mol. The zero-order valence-electron chi connectivity index (χ0n) is 10.7. The summed E-state index contributed by atoms with van der Waals surface area (Å²) >= 11 is 11.8. The second-order valence-electron chi connectivity index (χ2n) is 4.42. The molecule has 2 aromatic carbocycles. The molecule has 2 rings (SSSR count). The summed E-state index contributed by atoms with van der Waals surface area (Å²) in [5.74, 6) is -0.551. The smallest absolute Gasteiger partial charge is 0.253 e. The zero-order chi connectivity index (χ0) is 14.7. The third-order valence-corrected chi connectivity index (χ3v) is 3.58. The lowest BCUT2D eigenvalue weighted by Crippen LogP contribution is -2.26. The van der Waals surface area contributed by atoms with Gasteiger partial charge in [0.05, 0.1) is 10.0 Å². The normalized spacial score (nSPS) is 10.4. The molecule has 0 N–H and O–H groups in total. The van der Waals surface area contributed by atoms with Gasteiger partial charge in [-0.2, -0.15) is 0 Å². The minimum absolute atomic E-state index is 0.184. The molecule has 104 valence electrons. The molecule has 2 aromatic rings. The van der Waals surface area contributed by atoms with Gasteiger partial charge in [-0.3, -0.25) is 4.79 Å². The molecule has 0 aliphatic carbocycles. The van der Waals surface area contributed by atoms with Gasteiger partial charge in [0.25, 0.3) is 5.91 Å². The van der Waals surface area contributed by atoms with E-state index in [2.05, 4.69) is 0 Å². The number of benzene rings is 2. The standard InChI is InChI=1S/C15H12Cl2FNO/c1-19(9-10-2-7-13(16)14(17)8-10)15(20)11-3-5-12(18)6-4-11/h2-8H,9H2,1H3. The van der Waals surface area contributed by atoms with Crippen molar-refractivity contribution in [1.29, 1.82) is 0 Å². The monoisotopic (exact) mass is 311 g/mol. The first-order chi connectivity index (χ1) is 9.47. The van der Waals surface area contributed by atoms with Crippen LogP contribution < -0.4 is 0 Å². The summed E-state index contributed by atoms with van der Waals surface area (Å²) in [6, 6.07) is 10.7. The van der Waals surface area contributed by atoms with E-state index >= 15 is 0 Å². The van der Waals surface area contributed by atoms with Gasteiger partial charge in [0.2, 0.25) is 0 Å². The van der Waals surface area contributed by atoms with Crippen molar-refractivity contribution in [2.75, 3.05) is 7.05 Å². The largest absolute Gasteiger partial charge is 0.337 e. The number of carbonyl (C=O) groups excluding carboxylic acids is 1. The van der Waals surface area contributed by atoms with E-state index < -0.39 is 0 Å². The SMILES string of the molecule is CN(Cc1ccc(Cl)c(Cl)c1)C(=O)c1ccc(F)cc1. The summed E-state index contributed by atoms with van der Waals surface area (Å²) in [6.45, 7) is 0.396. The van der Waals surface area contributed by atoms with Gasteiger partial charge in [-0.05, 0) is 42.0 Å². The van der Waals surface area contributed by atoms with Crippen LogP contribution in [0.15, 0.2) is 42.5 Å². The quantitative estimate of drug-likeness (QED) is 0.822. The fourth-order valence-corrected chi connectivity index (χ4v) is 2.12. The Morgan fingerprint density at radius 1 is 1.10 bits per heavy atom. The summed E-state index contributed by atoms with van der Waals surface area (Å²) < 4.78 is 12.8. The third kappa shape index (κ3) is 3.50. The first kappa shape index (κ1) is 14.8. The van der Waals surface area contributed by atoms with Crippen LogP contribution in [-0.4, -0.2) is 17.9 Å². The van der Waals surface area contributed by atoms with Gasteiger partial charge in [-0.1, -0.05) is 29.3 Å². The number of amides is 1. The molecule has 0 aliphatic rings. The number of nitrogens with zero attached hydrogens (tertiary/aromatic N) is 1. The first-order valence-corrected chi connectivity index (χ1v) is 6.68. The van der Waals surface area contributed by atoms with E-state index in [1.54, 1.807) is 19.2 Å². The Labute approximate surface area is 126 Å². The lowest BCUT2D eigenvalue weighted by atomic mass is 10.1. The summed E-state index contributed by atoms with van der Waals surface area (Å²) in [5.41, 5.74) is 1.31. The van der Waals surface area contributed by atoms with E-state index in [0.717, 1.165) is 5.56 Å². The van der Waals surface area contributed by atoms with Crippen molar-refractivity contribution in [3.05, 3.63) is 69.5 Å². The highest BCUT2D eigenvalue weighted by molar-refractivity contribution is 6.42. The molecule has 0 saturated heterocycles. The number of carbonyl (C=O) groups is 1. The average Bonchev–Trinajstić information content (AvgIpc) is 2.43. The van der Waals surface area contributed by atoms with Gasteiger partial charge in [0.1, 0.15) is 5.82 Å². The molecule has 5 heteroatoms. The molecule has 0 unspecified atom stereocenters. The Hall–Kier alpha value is -1.58. The molecule has 0 heterocycles. The van der Waals surface area contributed by atoms with Gasteiger partial charge in [-0.15, -0.1) is 0 Å². The van der Waals surface area contributed by atoms with Crippen LogP contribution in [-0.2, 0) is 6.54 Å². The minimum atomic E-state index is -0.367. The highest BCUT2D eigenvalue weighted by Crippen LogP contribution is 2.23. The summed E-state index contributed by atoms with van der Waals surface area (Å²) in [7, 11) is 1.67. The van der Waals surface area contributed by atoms with E-state index in [4.69, 9.17) is 23.2 Å². The Kier molecular flexibility index (Phi) is 4.63. The van der Waals surface area contributed by atoms with Gasteiger partial charge in [0.15, 0.2) is 0 Å². The number of rotatable bonds is 3. The topological polar surface area (TPSA) is 20.3 Å². The highest BCUT2D eigenvalue weighted by Gasteiger charge is 2.12. The minimum Gasteiger partial charge on any atom is -0.337 e. The summed E-state index contributed by atoms with van der Waals surface area (Å²) in [5, 5.41) is 0.926. The molecular formula is C15H12Cl2FNO. The molecule has 0 spiro atoms. The van der Waals surface area contributed by atoms with Crippen LogP contribution in [0.3, 0.4) is 0 Å². The van der Waals surface area contributed by atoms with Crippen molar-refractivity contribution in [1.82, 2.24) is 4.90 Å². The third-order valence-electron chi connectivity index (χ3n) is 2.84. The fourth-order valence-electron chi connectivity index (χ4n) is 1.80. The molecule has 0 fully saturated rings. The Morgan fingerprint density at radius 3 is 2.35 bits per heavy atom. The molecule has 0 saturated carbocycles. The van der Waals surface area contributed by atoms with E-state index in [9.17, 15) is 9.18 Å². The Morgan fingerprint density at radius 2 is 1.75 bits per heavy atom. The lowest BCUT2D eigenvalue weighted by molar-refractivity contribution is 0.0785. The predicted octanol–water partition coefficient (Wildman–Crippen LogP) is 4.40. The van der Waals surface area contributed by atoms with Crippen molar-refractivity contribution >= 4 is 29.1 Å². The zero-order valence-corrected chi connectivity index (χ0v) is 12.2. The lowest BCUT2D eigenvalue weighted by Gasteiger charge is -2.17. The maximum Gasteiger partial charge on any atom is 0.253 e. The predicted molar refractivity (Wildman–Crippen MR) is 78.7 cm³/mol. The van der Waals surface area contributed by atoms with Crippen molar-refractivity contribution in [3.8, 4) is 0 Å². The van der Waals surface area contributed by atoms with Crippen LogP contribution in [0, 0.1) is 5.82 Å². The van der Waals surface area contributed by atoms with E-state index in [0.29, 0.717) is 22.2 Å². The van der Waals surface area contributed by atoms with Crippen LogP contribution in [0.25, 0.3) is 0 Å². The average molecular weight is 312 g/mol. The first-order valence-electron chi connectivity index (χ1n) is 5.92. The van der Waals surface area contributed by atoms with Crippen LogP contribution in [0.1, 0.15) is 15.9 Å². The second-order valence-corrected chi connectivity index (χ2v) is 5.23. The van der Waals surface area contributed by atoms with E-state index in [1.807, 2.05) is 6.07 Å². The molecule has 0 bridgehead atoms. The van der Waals surface area contributed by atoms with Gasteiger partial charge in [0, 0.05) is 19.2 Å². The highest BCUT2D eigenvalue weighted by atomic mass is 35.5. The fraction of sp³-hybridized carbons (Fsp3) is 0.133. The van der Waals surface area contributed by atoms with Crippen LogP contribution in [0.2, 0.25) is 10.0 Å². The van der Waals surface area contributed by atoms with Crippen molar-refractivity contribution in [3.63, 3.8) is 0 Å². The molecule has 20 heavy (non-hydrogen) atoms. The molecule has 0 radical (unpaired) electrons. The van der Waals surface area contributed by atoms with Crippen molar-refractivity contribution in [2.45, 2.75) is 6.54 Å². The molecule has 2 nitrogen and oxygen atoms in total. The van der Waals surface area contributed by atoms with Crippen molar-refractivity contribution in [2.24, 2.45) is 0 Å². The number of halogens is 3. The molecule has 1 amide bonds. The summed E-state index contributed by atoms with van der Waals surface area (Å²) in [6.07, 6.45) is 0. The second kappa shape index (κ2) is 6.25. The molecule has 0 atom stereocenters. The Balaban J connectivity index is 2.11. The van der Waals surface area contributed by atoms with Gasteiger partial charge in [-0.25, -0.2) is 4.39 Å². The maximum atomic E-state index is 12.8. The van der Waals surface area contributed by atoms with E-state index in [1.165, 1.54) is 29.2 Å².